The molecule has 0 fully saturated rings. The zero-order valence-electron chi connectivity index (χ0n) is 14.8. The van der Waals surface area contributed by atoms with Crippen LogP contribution >= 0.6 is 11.6 Å². The Labute approximate surface area is 159 Å². The SMILES string of the molecule is COC(=O)COc1ccc(F)c2[nH]c(=O)c(Cc3ccc(Cl)cc3)c(C)c12. The molecule has 0 saturated carbocycles. The molecule has 5 nitrogen and oxygen atoms in total. The van der Waals surface area contributed by atoms with Gasteiger partial charge in [0, 0.05) is 22.4 Å². The Morgan fingerprint density at radius 3 is 2.56 bits per heavy atom. The Bertz CT molecular complexity index is 1060. The van der Waals surface area contributed by atoms with Gasteiger partial charge in [0.25, 0.3) is 5.56 Å². The largest absolute Gasteiger partial charge is 0.481 e. The molecule has 1 aromatic heterocycles. The normalized spacial score (nSPS) is 10.8. The van der Waals surface area contributed by atoms with Gasteiger partial charge in [0.1, 0.15) is 11.6 Å². The lowest BCUT2D eigenvalue weighted by Crippen LogP contribution is -2.17. The van der Waals surface area contributed by atoms with Gasteiger partial charge in [-0.15, -0.1) is 0 Å². The molecular formula is C20H17ClFNO4. The minimum atomic E-state index is -0.575. The summed E-state index contributed by atoms with van der Waals surface area (Å²) in [6.07, 6.45) is 0.348. The minimum Gasteiger partial charge on any atom is -0.481 e. The maximum Gasteiger partial charge on any atom is 0.343 e. The third kappa shape index (κ3) is 3.95. The molecule has 3 rings (SSSR count). The van der Waals surface area contributed by atoms with E-state index < -0.39 is 11.8 Å². The fraction of sp³-hybridized carbons (Fsp3) is 0.200. The van der Waals surface area contributed by atoms with Crippen LogP contribution in [-0.2, 0) is 16.0 Å². The number of methoxy groups -OCH3 is 1. The molecule has 0 radical (unpaired) electrons. The average Bonchev–Trinajstić information content (AvgIpc) is 2.66. The summed E-state index contributed by atoms with van der Waals surface area (Å²) in [4.78, 5) is 26.5. The number of H-pyrrole nitrogens is 1. The first-order valence-corrected chi connectivity index (χ1v) is 8.56. The lowest BCUT2D eigenvalue weighted by molar-refractivity contribution is -0.142. The summed E-state index contributed by atoms with van der Waals surface area (Å²) in [5.74, 6) is -0.840. The van der Waals surface area contributed by atoms with Gasteiger partial charge in [0.2, 0.25) is 0 Å². The molecule has 0 spiro atoms. The van der Waals surface area contributed by atoms with Crippen LogP contribution in [0.5, 0.6) is 5.75 Å². The van der Waals surface area contributed by atoms with Crippen molar-refractivity contribution in [3.05, 3.63) is 74.3 Å². The molecule has 0 aliphatic rings. The first kappa shape index (κ1) is 18.9. The number of hydrogen-bond acceptors (Lipinski definition) is 4. The molecule has 2 aromatic carbocycles. The fourth-order valence-corrected chi connectivity index (χ4v) is 3.02. The lowest BCUT2D eigenvalue weighted by Gasteiger charge is -2.14. The highest BCUT2D eigenvalue weighted by molar-refractivity contribution is 6.30. The number of aryl methyl sites for hydroxylation is 1. The smallest absolute Gasteiger partial charge is 0.343 e. The summed E-state index contributed by atoms with van der Waals surface area (Å²) >= 11 is 5.90. The van der Waals surface area contributed by atoms with Crippen molar-refractivity contribution in [3.8, 4) is 5.75 Å². The highest BCUT2D eigenvalue weighted by Gasteiger charge is 2.17. The number of carbonyl (C=O) groups is 1. The summed E-state index contributed by atoms with van der Waals surface area (Å²) in [5.41, 5.74) is 1.63. The number of aromatic nitrogens is 1. The lowest BCUT2D eigenvalue weighted by atomic mass is 9.98. The fourth-order valence-electron chi connectivity index (χ4n) is 2.90. The van der Waals surface area contributed by atoms with Crippen molar-refractivity contribution in [2.75, 3.05) is 13.7 Å². The molecule has 3 aromatic rings. The zero-order valence-corrected chi connectivity index (χ0v) is 15.5. The van der Waals surface area contributed by atoms with Gasteiger partial charge in [-0.2, -0.15) is 0 Å². The van der Waals surface area contributed by atoms with Gasteiger partial charge in [-0.3, -0.25) is 4.79 Å². The predicted octanol–water partition coefficient (Wildman–Crippen LogP) is 3.77. The molecule has 140 valence electrons. The number of halogens is 2. The van der Waals surface area contributed by atoms with Crippen molar-refractivity contribution >= 4 is 28.5 Å². The molecule has 1 N–H and O–H groups in total. The zero-order chi connectivity index (χ0) is 19.6. The Hall–Kier alpha value is -2.86. The maximum atomic E-state index is 14.3. The van der Waals surface area contributed by atoms with Crippen LogP contribution in [0.3, 0.4) is 0 Å². The molecule has 27 heavy (non-hydrogen) atoms. The third-order valence-corrected chi connectivity index (χ3v) is 4.58. The number of pyridine rings is 1. The number of hydrogen-bond donors (Lipinski definition) is 1. The van der Waals surface area contributed by atoms with Gasteiger partial charge in [-0.05, 0) is 42.3 Å². The Morgan fingerprint density at radius 2 is 1.89 bits per heavy atom. The minimum absolute atomic E-state index is 0.0414. The van der Waals surface area contributed by atoms with E-state index in [1.165, 1.54) is 19.2 Å². The number of aromatic amines is 1. The number of rotatable bonds is 5. The van der Waals surface area contributed by atoms with E-state index in [0.717, 1.165) is 5.56 Å². The van der Waals surface area contributed by atoms with Crippen molar-refractivity contribution in [1.82, 2.24) is 4.98 Å². The van der Waals surface area contributed by atoms with Crippen molar-refractivity contribution in [3.63, 3.8) is 0 Å². The Morgan fingerprint density at radius 1 is 1.19 bits per heavy atom. The molecule has 7 heteroatoms. The second-order valence-electron chi connectivity index (χ2n) is 6.02. The predicted molar refractivity (Wildman–Crippen MR) is 101 cm³/mol. The standard InChI is InChI=1S/C20H17ClFNO4/c1-11-14(9-12-3-5-13(21)6-4-12)20(25)23-19-15(22)7-8-16(18(11)19)27-10-17(24)26-2/h3-8H,9-10H2,1-2H3,(H,23,25). The third-order valence-electron chi connectivity index (χ3n) is 4.32. The summed E-state index contributed by atoms with van der Waals surface area (Å²) < 4.78 is 24.3. The van der Waals surface area contributed by atoms with Crippen LogP contribution in [0.25, 0.3) is 10.9 Å². The monoisotopic (exact) mass is 389 g/mol. The summed E-state index contributed by atoms with van der Waals surface area (Å²) in [5, 5.41) is 1.02. The summed E-state index contributed by atoms with van der Waals surface area (Å²) in [7, 11) is 1.25. The van der Waals surface area contributed by atoms with Gasteiger partial charge in [-0.1, -0.05) is 23.7 Å². The molecule has 0 atom stereocenters. The van der Waals surface area contributed by atoms with Crippen LogP contribution < -0.4 is 10.3 Å². The second-order valence-corrected chi connectivity index (χ2v) is 6.46. The number of nitrogens with one attached hydrogen (secondary N) is 1. The molecule has 0 bridgehead atoms. The van der Waals surface area contributed by atoms with Gasteiger partial charge < -0.3 is 14.5 Å². The Balaban J connectivity index is 2.11. The Kier molecular flexibility index (Phi) is 5.46. The van der Waals surface area contributed by atoms with E-state index in [0.29, 0.717) is 33.7 Å². The average molecular weight is 390 g/mol. The van der Waals surface area contributed by atoms with Crippen LogP contribution in [0, 0.1) is 12.7 Å². The van der Waals surface area contributed by atoms with E-state index in [-0.39, 0.29) is 17.7 Å². The van der Waals surface area contributed by atoms with Gasteiger partial charge in [-0.25, -0.2) is 9.18 Å². The topological polar surface area (TPSA) is 68.4 Å². The molecule has 0 aliphatic heterocycles. The number of esters is 1. The summed E-state index contributed by atoms with van der Waals surface area (Å²) in [6, 6.07) is 9.75. The van der Waals surface area contributed by atoms with Crippen molar-refractivity contribution in [2.24, 2.45) is 0 Å². The van der Waals surface area contributed by atoms with Crippen molar-refractivity contribution in [2.45, 2.75) is 13.3 Å². The molecule has 0 unspecified atom stereocenters. The number of ether oxygens (including phenoxy) is 2. The van der Waals surface area contributed by atoms with Crippen molar-refractivity contribution < 1.29 is 18.7 Å². The molecule has 0 amide bonds. The van der Waals surface area contributed by atoms with E-state index >= 15 is 0 Å². The van der Waals surface area contributed by atoms with Crippen LogP contribution in [0.2, 0.25) is 5.02 Å². The summed E-state index contributed by atoms with van der Waals surface area (Å²) in [6.45, 7) is 1.41. The van der Waals surface area contributed by atoms with Crippen LogP contribution in [0.1, 0.15) is 16.7 Å². The molecular weight excluding hydrogens is 373 g/mol. The number of benzene rings is 2. The van der Waals surface area contributed by atoms with Gasteiger partial charge in [0.05, 0.1) is 12.6 Å². The van der Waals surface area contributed by atoms with Crippen molar-refractivity contribution in [1.29, 1.82) is 0 Å². The van der Waals surface area contributed by atoms with Crippen LogP contribution in [0.4, 0.5) is 4.39 Å². The van der Waals surface area contributed by atoms with Crippen LogP contribution in [0.15, 0.2) is 41.2 Å². The molecule has 0 aliphatic carbocycles. The van der Waals surface area contributed by atoms with E-state index in [1.807, 2.05) is 12.1 Å². The molecule has 1 heterocycles. The van der Waals surface area contributed by atoms with E-state index in [4.69, 9.17) is 16.3 Å². The first-order chi connectivity index (χ1) is 12.9. The van der Waals surface area contributed by atoms with Gasteiger partial charge in [0.15, 0.2) is 6.61 Å². The first-order valence-electron chi connectivity index (χ1n) is 8.18. The molecule has 0 saturated heterocycles. The van der Waals surface area contributed by atoms with Gasteiger partial charge >= 0.3 is 5.97 Å². The highest BCUT2D eigenvalue weighted by Crippen LogP contribution is 2.30. The quantitative estimate of drug-likeness (QED) is 0.674. The van der Waals surface area contributed by atoms with E-state index in [1.54, 1.807) is 19.1 Å². The number of carbonyl (C=O) groups excluding carboxylic acids is 1. The number of fused-ring (bicyclic) bond motifs is 1. The second kappa shape index (κ2) is 7.80. The van der Waals surface area contributed by atoms with Crippen LogP contribution in [-0.4, -0.2) is 24.7 Å². The van der Waals surface area contributed by atoms with E-state index in [9.17, 15) is 14.0 Å². The highest BCUT2D eigenvalue weighted by atomic mass is 35.5. The maximum absolute atomic E-state index is 14.3. The van der Waals surface area contributed by atoms with E-state index in [2.05, 4.69) is 9.72 Å².